The molecular weight excluding hydrogens is 230 g/mol. The zero-order chi connectivity index (χ0) is 13.0. The van der Waals surface area contributed by atoms with Gasteiger partial charge in [-0.25, -0.2) is 0 Å². The number of nitrogens with zero attached hydrogens (tertiary/aromatic N) is 2. The summed E-state index contributed by atoms with van der Waals surface area (Å²) in [6, 6.07) is 0.506. The van der Waals surface area contributed by atoms with Crippen LogP contribution in [0.4, 0.5) is 0 Å². The second kappa shape index (κ2) is 6.50. The molecule has 0 aromatic rings. The highest BCUT2D eigenvalue weighted by atomic mass is 16.5. The molecule has 2 saturated heterocycles. The zero-order valence-corrected chi connectivity index (χ0v) is 11.3. The molecule has 5 nitrogen and oxygen atoms in total. The Morgan fingerprint density at radius 1 is 1.33 bits per heavy atom. The molecule has 0 aromatic carbocycles. The molecule has 2 fully saturated rings. The lowest BCUT2D eigenvalue weighted by Gasteiger charge is -2.39. The highest BCUT2D eigenvalue weighted by molar-refractivity contribution is 5.78. The molecule has 0 saturated carbocycles. The van der Waals surface area contributed by atoms with E-state index in [4.69, 9.17) is 10.5 Å². The van der Waals surface area contributed by atoms with E-state index in [9.17, 15) is 4.79 Å². The van der Waals surface area contributed by atoms with Crippen LogP contribution in [0, 0.1) is 0 Å². The van der Waals surface area contributed by atoms with Crippen molar-refractivity contribution in [2.45, 2.75) is 38.3 Å². The largest absolute Gasteiger partial charge is 0.378 e. The van der Waals surface area contributed by atoms with Gasteiger partial charge in [-0.05, 0) is 26.3 Å². The van der Waals surface area contributed by atoms with Gasteiger partial charge in [-0.2, -0.15) is 0 Å². The molecule has 0 aromatic heterocycles. The molecule has 2 aliphatic heterocycles. The highest BCUT2D eigenvalue weighted by Crippen LogP contribution is 2.19. The summed E-state index contributed by atoms with van der Waals surface area (Å²) in [6.07, 6.45) is 3.53. The minimum atomic E-state index is 0.141. The predicted molar refractivity (Wildman–Crippen MR) is 70.3 cm³/mol. The first-order chi connectivity index (χ1) is 8.68. The summed E-state index contributed by atoms with van der Waals surface area (Å²) in [4.78, 5) is 16.4. The zero-order valence-electron chi connectivity index (χ0n) is 11.3. The first kappa shape index (κ1) is 13.8. The van der Waals surface area contributed by atoms with E-state index in [-0.39, 0.29) is 11.9 Å². The van der Waals surface area contributed by atoms with Gasteiger partial charge in [-0.15, -0.1) is 0 Å². The van der Waals surface area contributed by atoms with Gasteiger partial charge >= 0.3 is 0 Å². The summed E-state index contributed by atoms with van der Waals surface area (Å²) >= 11 is 0. The minimum absolute atomic E-state index is 0.141. The van der Waals surface area contributed by atoms with Crippen molar-refractivity contribution >= 4 is 5.91 Å². The minimum Gasteiger partial charge on any atom is -0.378 e. The number of hydrogen-bond donors (Lipinski definition) is 1. The monoisotopic (exact) mass is 255 g/mol. The molecule has 2 N–H and O–H groups in total. The number of carbonyl (C=O) groups is 1. The van der Waals surface area contributed by atoms with E-state index < -0.39 is 0 Å². The second-order valence-corrected chi connectivity index (χ2v) is 5.39. The van der Waals surface area contributed by atoms with Gasteiger partial charge in [0.1, 0.15) is 0 Å². The van der Waals surface area contributed by atoms with E-state index in [0.29, 0.717) is 25.8 Å². The Bertz CT molecular complexity index is 277. The topological polar surface area (TPSA) is 58.8 Å². The van der Waals surface area contributed by atoms with Crippen LogP contribution in [0.2, 0.25) is 0 Å². The van der Waals surface area contributed by atoms with Crippen molar-refractivity contribution in [3.63, 3.8) is 0 Å². The molecule has 5 heteroatoms. The fourth-order valence-corrected chi connectivity index (χ4v) is 2.89. The van der Waals surface area contributed by atoms with E-state index >= 15 is 0 Å². The Morgan fingerprint density at radius 2 is 2.06 bits per heavy atom. The van der Waals surface area contributed by atoms with E-state index in [1.165, 1.54) is 12.8 Å². The van der Waals surface area contributed by atoms with Crippen LogP contribution in [-0.2, 0) is 9.53 Å². The van der Waals surface area contributed by atoms with Gasteiger partial charge in [0.05, 0.1) is 19.8 Å². The van der Waals surface area contributed by atoms with Crippen LogP contribution in [-0.4, -0.2) is 67.2 Å². The summed E-state index contributed by atoms with van der Waals surface area (Å²) < 4.78 is 5.27. The SMILES string of the molecule is CC(N)C1CCCCN1CC(=O)N1CCOCC1. The Labute approximate surface area is 109 Å². The van der Waals surface area contributed by atoms with Gasteiger partial charge in [0, 0.05) is 25.2 Å². The maximum Gasteiger partial charge on any atom is 0.236 e. The van der Waals surface area contributed by atoms with Crippen LogP contribution >= 0.6 is 0 Å². The van der Waals surface area contributed by atoms with Gasteiger partial charge in [0.15, 0.2) is 0 Å². The van der Waals surface area contributed by atoms with Crippen molar-refractivity contribution in [2.24, 2.45) is 5.73 Å². The van der Waals surface area contributed by atoms with Crippen molar-refractivity contribution in [2.75, 3.05) is 39.4 Å². The summed E-state index contributed by atoms with van der Waals surface area (Å²) in [5.41, 5.74) is 6.03. The molecule has 0 bridgehead atoms. The molecule has 104 valence electrons. The molecule has 1 amide bonds. The number of rotatable bonds is 3. The van der Waals surface area contributed by atoms with Crippen LogP contribution in [0.1, 0.15) is 26.2 Å². The van der Waals surface area contributed by atoms with Crippen LogP contribution in [0.5, 0.6) is 0 Å². The van der Waals surface area contributed by atoms with Crippen molar-refractivity contribution < 1.29 is 9.53 Å². The Hall–Kier alpha value is -0.650. The van der Waals surface area contributed by atoms with Crippen LogP contribution in [0.15, 0.2) is 0 Å². The average molecular weight is 255 g/mol. The van der Waals surface area contributed by atoms with Crippen molar-refractivity contribution in [1.82, 2.24) is 9.80 Å². The molecule has 2 unspecified atom stereocenters. The summed E-state index contributed by atoms with van der Waals surface area (Å²) in [7, 11) is 0. The Balaban J connectivity index is 1.87. The number of nitrogens with two attached hydrogens (primary N) is 1. The number of amides is 1. The lowest BCUT2D eigenvalue weighted by atomic mass is 9.97. The van der Waals surface area contributed by atoms with Crippen molar-refractivity contribution in [3.05, 3.63) is 0 Å². The summed E-state index contributed by atoms with van der Waals surface area (Å²) in [6.45, 7) is 6.37. The highest BCUT2D eigenvalue weighted by Gasteiger charge is 2.28. The third-order valence-electron chi connectivity index (χ3n) is 3.97. The van der Waals surface area contributed by atoms with E-state index in [0.717, 1.165) is 26.1 Å². The molecule has 18 heavy (non-hydrogen) atoms. The van der Waals surface area contributed by atoms with Gasteiger partial charge < -0.3 is 15.4 Å². The van der Waals surface area contributed by atoms with Crippen LogP contribution in [0.3, 0.4) is 0 Å². The summed E-state index contributed by atoms with van der Waals surface area (Å²) in [5, 5.41) is 0. The molecule has 2 atom stereocenters. The molecule has 0 spiro atoms. The smallest absolute Gasteiger partial charge is 0.236 e. The molecule has 2 aliphatic rings. The maximum absolute atomic E-state index is 12.2. The number of ether oxygens (including phenoxy) is 1. The number of likely N-dealkylation sites (tertiary alicyclic amines) is 1. The first-order valence-corrected chi connectivity index (χ1v) is 7.03. The van der Waals surface area contributed by atoms with E-state index in [2.05, 4.69) is 4.90 Å². The van der Waals surface area contributed by atoms with Crippen LogP contribution in [0.25, 0.3) is 0 Å². The predicted octanol–water partition coefficient (Wildman–Crippen LogP) is 0.0469. The van der Waals surface area contributed by atoms with Gasteiger partial charge in [0.2, 0.25) is 5.91 Å². The standard InChI is InChI=1S/C13H25N3O2/c1-11(14)12-4-2-3-5-16(12)10-13(17)15-6-8-18-9-7-15/h11-12H,2-10,14H2,1H3. The Kier molecular flexibility index (Phi) is 4.97. The third kappa shape index (κ3) is 3.43. The second-order valence-electron chi connectivity index (χ2n) is 5.39. The van der Waals surface area contributed by atoms with Gasteiger partial charge in [-0.1, -0.05) is 6.42 Å². The fraction of sp³-hybridized carbons (Fsp3) is 0.923. The molecule has 2 rings (SSSR count). The van der Waals surface area contributed by atoms with Crippen molar-refractivity contribution in [3.8, 4) is 0 Å². The molecule has 0 aliphatic carbocycles. The van der Waals surface area contributed by atoms with Gasteiger partial charge in [0.25, 0.3) is 0 Å². The van der Waals surface area contributed by atoms with E-state index in [1.54, 1.807) is 0 Å². The lowest BCUT2D eigenvalue weighted by Crippen LogP contribution is -2.53. The van der Waals surface area contributed by atoms with E-state index in [1.807, 2.05) is 11.8 Å². The number of piperidine rings is 1. The Morgan fingerprint density at radius 3 is 2.72 bits per heavy atom. The third-order valence-corrected chi connectivity index (χ3v) is 3.97. The first-order valence-electron chi connectivity index (χ1n) is 7.03. The maximum atomic E-state index is 12.2. The number of carbonyl (C=O) groups excluding carboxylic acids is 1. The van der Waals surface area contributed by atoms with Crippen LogP contribution < -0.4 is 5.73 Å². The van der Waals surface area contributed by atoms with Gasteiger partial charge in [-0.3, -0.25) is 9.69 Å². The quantitative estimate of drug-likeness (QED) is 0.774. The molecule has 2 heterocycles. The average Bonchev–Trinajstić information content (AvgIpc) is 2.40. The lowest BCUT2D eigenvalue weighted by molar-refractivity contribution is -0.137. The molecule has 0 radical (unpaired) electrons. The number of hydrogen-bond acceptors (Lipinski definition) is 4. The summed E-state index contributed by atoms with van der Waals surface area (Å²) in [5.74, 6) is 0.228. The number of morpholine rings is 1. The fourth-order valence-electron chi connectivity index (χ4n) is 2.89. The molecular formula is C13H25N3O2. The van der Waals surface area contributed by atoms with Crippen molar-refractivity contribution in [1.29, 1.82) is 0 Å². The normalized spacial score (nSPS) is 28.1.